The van der Waals surface area contributed by atoms with Gasteiger partial charge in [-0.1, -0.05) is 54.1 Å². The smallest absolute Gasteiger partial charge is 0.402 e. The number of halogens is 3. The van der Waals surface area contributed by atoms with Crippen molar-refractivity contribution in [1.29, 1.82) is 0 Å². The van der Waals surface area contributed by atoms with Gasteiger partial charge in [-0.25, -0.2) is 9.97 Å². The van der Waals surface area contributed by atoms with E-state index in [1.165, 1.54) is 36.4 Å². The van der Waals surface area contributed by atoms with Crippen LogP contribution in [0.3, 0.4) is 0 Å². The molecule has 5 nitrogen and oxygen atoms in total. The van der Waals surface area contributed by atoms with E-state index in [2.05, 4.69) is 9.97 Å². The molecule has 0 amide bonds. The lowest BCUT2D eigenvalue weighted by molar-refractivity contribution is -0.173. The molecule has 200 valence electrons. The van der Waals surface area contributed by atoms with E-state index < -0.39 is 11.6 Å². The van der Waals surface area contributed by atoms with Gasteiger partial charge in [0.25, 0.3) is 0 Å². The third-order valence-electron chi connectivity index (χ3n) is 7.31. The lowest BCUT2D eigenvalue weighted by Crippen LogP contribution is -2.40. The summed E-state index contributed by atoms with van der Waals surface area (Å²) in [5.74, 6) is 0.513. The van der Waals surface area contributed by atoms with Crippen molar-refractivity contribution in [2.75, 3.05) is 0 Å². The van der Waals surface area contributed by atoms with Crippen molar-refractivity contribution in [3.63, 3.8) is 0 Å². The monoisotopic (exact) mass is 540 g/mol. The highest BCUT2D eigenvalue weighted by atomic mass is 19.4. The van der Waals surface area contributed by atoms with E-state index in [-0.39, 0.29) is 22.8 Å². The summed E-state index contributed by atoms with van der Waals surface area (Å²) >= 11 is 0. The number of hydrogen-bond acceptors (Lipinski definition) is 5. The van der Waals surface area contributed by atoms with Crippen molar-refractivity contribution in [3.8, 4) is 11.5 Å². The van der Waals surface area contributed by atoms with Gasteiger partial charge in [-0.15, -0.1) is 0 Å². The number of rotatable bonds is 5. The topological polar surface area (TPSA) is 69.1 Å². The standard InChI is InChI=1S/C32H23F3N2O3/c1-18-4-6-20(7-5-18)29(38)21-8-10-22(11-9-21)30-37-26-17-24(13-15-28(26)40-30)31(3,32(33,34)35)23-12-14-27-25(16-23)36-19(2)39-27/h4-17H,1-3H3. The van der Waals surface area contributed by atoms with E-state index >= 15 is 0 Å². The van der Waals surface area contributed by atoms with Crippen LogP contribution in [0.2, 0.25) is 0 Å². The van der Waals surface area contributed by atoms with Crippen molar-refractivity contribution in [1.82, 2.24) is 9.97 Å². The molecule has 4 aromatic carbocycles. The zero-order chi connectivity index (χ0) is 28.2. The number of aryl methyl sites for hydroxylation is 2. The number of fused-ring (bicyclic) bond motifs is 2. The largest absolute Gasteiger partial charge is 0.441 e. The van der Waals surface area contributed by atoms with Gasteiger partial charge in [-0.05, 0) is 61.4 Å². The lowest BCUT2D eigenvalue weighted by Gasteiger charge is -2.33. The van der Waals surface area contributed by atoms with Crippen molar-refractivity contribution >= 4 is 28.0 Å². The van der Waals surface area contributed by atoms with Crippen LogP contribution < -0.4 is 0 Å². The quantitative estimate of drug-likeness (QED) is 0.206. The Labute approximate surface area is 227 Å². The number of oxazole rings is 2. The number of alkyl halides is 3. The fourth-order valence-electron chi connectivity index (χ4n) is 4.85. The molecule has 0 radical (unpaired) electrons. The van der Waals surface area contributed by atoms with E-state index in [1.807, 2.05) is 19.1 Å². The van der Waals surface area contributed by atoms with Crippen molar-refractivity contribution in [3.05, 3.63) is 119 Å². The van der Waals surface area contributed by atoms with E-state index in [0.717, 1.165) is 12.5 Å². The molecule has 0 aliphatic carbocycles. The van der Waals surface area contributed by atoms with Gasteiger partial charge in [-0.3, -0.25) is 4.79 Å². The fraction of sp³-hybridized carbons (Fsp3) is 0.156. The molecule has 0 fully saturated rings. The third-order valence-corrected chi connectivity index (χ3v) is 7.31. The van der Waals surface area contributed by atoms with Gasteiger partial charge in [-0.2, -0.15) is 13.2 Å². The van der Waals surface area contributed by atoms with Gasteiger partial charge < -0.3 is 8.83 Å². The van der Waals surface area contributed by atoms with E-state index in [1.54, 1.807) is 43.3 Å². The van der Waals surface area contributed by atoms with Crippen LogP contribution in [0, 0.1) is 13.8 Å². The summed E-state index contributed by atoms with van der Waals surface area (Å²) in [4.78, 5) is 21.5. The molecule has 2 aromatic heterocycles. The summed E-state index contributed by atoms with van der Waals surface area (Å²) in [6.45, 7) is 4.75. The first-order chi connectivity index (χ1) is 19.0. The third kappa shape index (κ3) is 4.25. The van der Waals surface area contributed by atoms with Crippen LogP contribution in [0.1, 0.15) is 45.4 Å². The summed E-state index contributed by atoms with van der Waals surface area (Å²) < 4.78 is 55.4. The Bertz CT molecular complexity index is 1880. The Kier molecular flexibility index (Phi) is 5.87. The number of hydrogen-bond donors (Lipinski definition) is 0. The van der Waals surface area contributed by atoms with Gasteiger partial charge in [0, 0.05) is 23.6 Å². The molecule has 0 saturated heterocycles. The number of nitrogens with zero attached hydrogens (tertiary/aromatic N) is 2. The number of benzene rings is 4. The van der Waals surface area contributed by atoms with Crippen LogP contribution in [0.15, 0.2) is 93.8 Å². The average Bonchev–Trinajstić information content (AvgIpc) is 3.53. The Morgan fingerprint density at radius 3 is 1.80 bits per heavy atom. The number of carbonyl (C=O) groups excluding carboxylic acids is 1. The predicted octanol–water partition coefficient (Wildman–Crippen LogP) is 8.35. The highest BCUT2D eigenvalue weighted by molar-refractivity contribution is 6.09. The molecular formula is C32H23F3N2O3. The Morgan fingerprint density at radius 1 is 0.700 bits per heavy atom. The molecule has 0 saturated carbocycles. The number of carbonyl (C=O) groups is 1. The van der Waals surface area contributed by atoms with Gasteiger partial charge in [0.2, 0.25) is 5.89 Å². The normalized spacial score (nSPS) is 13.6. The molecule has 6 rings (SSSR count). The molecular weight excluding hydrogens is 517 g/mol. The summed E-state index contributed by atoms with van der Waals surface area (Å²) in [7, 11) is 0. The van der Waals surface area contributed by atoms with Crippen LogP contribution >= 0.6 is 0 Å². The van der Waals surface area contributed by atoms with Gasteiger partial charge >= 0.3 is 6.18 Å². The summed E-state index contributed by atoms with van der Waals surface area (Å²) in [6.07, 6.45) is -4.61. The molecule has 0 bridgehead atoms. The van der Waals surface area contributed by atoms with Crippen molar-refractivity contribution < 1.29 is 26.8 Å². The number of aromatic nitrogens is 2. The lowest BCUT2D eigenvalue weighted by atomic mass is 9.75. The second-order valence-electron chi connectivity index (χ2n) is 10.0. The van der Waals surface area contributed by atoms with Crippen LogP contribution in [-0.2, 0) is 5.41 Å². The first-order valence-electron chi connectivity index (χ1n) is 12.6. The molecule has 0 N–H and O–H groups in total. The number of ketones is 1. The van der Waals surface area contributed by atoms with E-state index in [0.29, 0.717) is 44.8 Å². The van der Waals surface area contributed by atoms with Crippen LogP contribution in [0.25, 0.3) is 33.7 Å². The summed E-state index contributed by atoms with van der Waals surface area (Å²) in [5.41, 5.74) is 1.91. The van der Waals surface area contributed by atoms with Gasteiger partial charge in [0.1, 0.15) is 16.4 Å². The maximum Gasteiger partial charge on any atom is 0.402 e. The summed E-state index contributed by atoms with van der Waals surface area (Å²) in [5, 5.41) is 0. The van der Waals surface area contributed by atoms with Crippen LogP contribution in [0.4, 0.5) is 13.2 Å². The molecule has 6 aromatic rings. The SMILES string of the molecule is Cc1ccc(C(=O)c2ccc(-c3nc4cc(C(C)(c5ccc6oc(C)nc6c5)C(F)(F)F)ccc4o3)cc2)cc1. The Hall–Kier alpha value is -4.72. The minimum atomic E-state index is -4.61. The first-order valence-corrected chi connectivity index (χ1v) is 12.6. The van der Waals surface area contributed by atoms with Crippen molar-refractivity contribution in [2.45, 2.75) is 32.4 Å². The van der Waals surface area contributed by atoms with Gasteiger partial charge in [0.15, 0.2) is 22.8 Å². The second-order valence-corrected chi connectivity index (χ2v) is 10.0. The zero-order valence-corrected chi connectivity index (χ0v) is 21.8. The second kappa shape index (κ2) is 9.19. The molecule has 1 unspecified atom stereocenters. The first kappa shape index (κ1) is 25.6. The predicted molar refractivity (Wildman–Crippen MR) is 145 cm³/mol. The zero-order valence-electron chi connectivity index (χ0n) is 21.8. The van der Waals surface area contributed by atoms with Crippen LogP contribution in [0.5, 0.6) is 0 Å². The average molecular weight is 541 g/mol. The van der Waals surface area contributed by atoms with E-state index in [9.17, 15) is 18.0 Å². The van der Waals surface area contributed by atoms with Crippen LogP contribution in [-0.4, -0.2) is 21.9 Å². The minimum Gasteiger partial charge on any atom is -0.441 e. The molecule has 0 spiro atoms. The molecule has 8 heteroatoms. The maximum atomic E-state index is 14.7. The fourth-order valence-corrected chi connectivity index (χ4v) is 4.85. The molecule has 2 heterocycles. The molecule has 0 aliphatic rings. The maximum absolute atomic E-state index is 14.7. The molecule has 40 heavy (non-hydrogen) atoms. The van der Waals surface area contributed by atoms with Gasteiger partial charge in [0.05, 0.1) is 0 Å². The summed E-state index contributed by atoms with van der Waals surface area (Å²) in [6, 6.07) is 22.8. The highest BCUT2D eigenvalue weighted by Gasteiger charge is 2.53. The minimum absolute atomic E-state index is 0.0194. The molecule has 1 atom stereocenters. The highest BCUT2D eigenvalue weighted by Crippen LogP contribution is 2.47. The van der Waals surface area contributed by atoms with E-state index in [4.69, 9.17) is 8.83 Å². The molecule has 0 aliphatic heterocycles. The van der Waals surface area contributed by atoms with Crippen molar-refractivity contribution in [2.24, 2.45) is 0 Å². The Morgan fingerprint density at radius 2 is 1.23 bits per heavy atom. The Balaban J connectivity index is 1.35.